The Bertz CT molecular complexity index is 1100. The summed E-state index contributed by atoms with van der Waals surface area (Å²) in [6.45, 7) is 12.2. The van der Waals surface area contributed by atoms with Crippen molar-refractivity contribution in [2.24, 2.45) is 17.8 Å². The van der Waals surface area contributed by atoms with Crippen molar-refractivity contribution in [3.63, 3.8) is 0 Å². The Balaban J connectivity index is 1.43. The van der Waals surface area contributed by atoms with Gasteiger partial charge in [-0.3, -0.25) is 14.4 Å². The normalized spacial score (nSPS) is 34.7. The van der Waals surface area contributed by atoms with Crippen LogP contribution >= 0.6 is 0 Å². The number of amides is 3. The van der Waals surface area contributed by atoms with Gasteiger partial charge in [-0.25, -0.2) is 0 Å². The van der Waals surface area contributed by atoms with Crippen LogP contribution in [-0.2, 0) is 19.1 Å². The summed E-state index contributed by atoms with van der Waals surface area (Å²) in [6.07, 6.45) is 7.51. The van der Waals surface area contributed by atoms with Crippen LogP contribution in [0.15, 0.2) is 36.4 Å². The van der Waals surface area contributed by atoms with E-state index in [-0.39, 0.29) is 23.8 Å². The third-order valence-corrected chi connectivity index (χ3v) is 8.83. The van der Waals surface area contributed by atoms with Crippen molar-refractivity contribution in [3.8, 4) is 0 Å². The molecule has 2 bridgehead atoms. The van der Waals surface area contributed by atoms with Crippen molar-refractivity contribution in [2.75, 3.05) is 5.32 Å². The number of anilines is 1. The molecule has 5 rings (SSSR count). The maximum absolute atomic E-state index is 14.0. The molecule has 7 heteroatoms. The van der Waals surface area contributed by atoms with Crippen molar-refractivity contribution in [1.29, 1.82) is 0 Å². The molecule has 4 aliphatic rings. The maximum atomic E-state index is 14.0. The first-order valence-corrected chi connectivity index (χ1v) is 13.9. The summed E-state index contributed by atoms with van der Waals surface area (Å²) in [6, 6.07) is 7.08. The van der Waals surface area contributed by atoms with Gasteiger partial charge in [-0.05, 0) is 63.1 Å². The monoisotopic (exact) mass is 507 g/mol. The molecule has 7 nitrogen and oxygen atoms in total. The molecule has 2 saturated heterocycles. The molecule has 1 aliphatic carbocycles. The zero-order chi connectivity index (χ0) is 26.7. The van der Waals surface area contributed by atoms with Crippen molar-refractivity contribution in [1.82, 2.24) is 10.2 Å². The number of rotatable bonds is 5. The number of nitrogens with zero attached hydrogens (tertiary/aromatic N) is 1. The van der Waals surface area contributed by atoms with Gasteiger partial charge in [0, 0.05) is 17.3 Å². The third-order valence-electron chi connectivity index (χ3n) is 8.83. The first-order chi connectivity index (χ1) is 17.4. The first-order valence-electron chi connectivity index (χ1n) is 13.9. The van der Waals surface area contributed by atoms with E-state index in [0.717, 1.165) is 19.3 Å². The Hall–Kier alpha value is -2.67. The predicted molar refractivity (Wildman–Crippen MR) is 143 cm³/mol. The van der Waals surface area contributed by atoms with Crippen LogP contribution in [0.1, 0.15) is 78.7 Å². The highest BCUT2D eigenvalue weighted by Crippen LogP contribution is 2.56. The summed E-state index contributed by atoms with van der Waals surface area (Å²) in [5.74, 6) is -1.26. The lowest BCUT2D eigenvalue weighted by Crippen LogP contribution is -2.61. The summed E-state index contributed by atoms with van der Waals surface area (Å²) in [5, 5.41) is 6.28. The molecule has 3 amide bonds. The number of hydrogen-bond donors (Lipinski definition) is 2. The van der Waals surface area contributed by atoms with E-state index in [0.29, 0.717) is 17.5 Å². The largest absolute Gasteiger partial charge is 0.359 e. The fourth-order valence-corrected chi connectivity index (χ4v) is 6.86. The molecule has 1 spiro atoms. The second-order valence-corrected chi connectivity index (χ2v) is 12.7. The van der Waals surface area contributed by atoms with Crippen LogP contribution in [0.5, 0.6) is 0 Å². The Morgan fingerprint density at radius 1 is 1.08 bits per heavy atom. The van der Waals surface area contributed by atoms with Crippen LogP contribution in [-0.4, -0.2) is 51.9 Å². The van der Waals surface area contributed by atoms with Crippen LogP contribution in [0.25, 0.3) is 0 Å². The minimum Gasteiger partial charge on any atom is -0.359 e. The lowest BCUT2D eigenvalue weighted by Gasteiger charge is -2.41. The van der Waals surface area contributed by atoms with Gasteiger partial charge in [0.2, 0.25) is 17.7 Å². The van der Waals surface area contributed by atoms with Crippen molar-refractivity contribution >= 4 is 23.4 Å². The number of carbonyl (C=O) groups excluding carboxylic acids is 3. The topological polar surface area (TPSA) is 87.7 Å². The molecule has 1 aromatic rings. The molecular weight excluding hydrogens is 466 g/mol. The van der Waals surface area contributed by atoms with E-state index in [1.165, 1.54) is 12.0 Å². The maximum Gasteiger partial charge on any atom is 0.246 e. The summed E-state index contributed by atoms with van der Waals surface area (Å²) in [7, 11) is 0. The first kappa shape index (κ1) is 26.0. The molecule has 0 aromatic heterocycles. The van der Waals surface area contributed by atoms with Gasteiger partial charge >= 0.3 is 0 Å². The molecule has 200 valence electrons. The van der Waals surface area contributed by atoms with Gasteiger partial charge in [0.15, 0.2) is 0 Å². The molecule has 3 fully saturated rings. The van der Waals surface area contributed by atoms with E-state index in [1.54, 1.807) is 4.90 Å². The van der Waals surface area contributed by atoms with Gasteiger partial charge in [0.05, 0.1) is 17.9 Å². The van der Waals surface area contributed by atoms with Crippen molar-refractivity contribution < 1.29 is 19.1 Å². The van der Waals surface area contributed by atoms with E-state index in [9.17, 15) is 14.4 Å². The smallest absolute Gasteiger partial charge is 0.246 e. The molecule has 0 radical (unpaired) electrons. The lowest BCUT2D eigenvalue weighted by atomic mass is 9.74. The molecule has 3 aliphatic heterocycles. The minimum absolute atomic E-state index is 0.0871. The van der Waals surface area contributed by atoms with E-state index in [2.05, 4.69) is 31.4 Å². The van der Waals surface area contributed by atoms with Crippen LogP contribution in [0, 0.1) is 17.8 Å². The van der Waals surface area contributed by atoms with Gasteiger partial charge in [0.1, 0.15) is 11.6 Å². The van der Waals surface area contributed by atoms with Gasteiger partial charge < -0.3 is 20.3 Å². The van der Waals surface area contributed by atoms with E-state index in [1.807, 2.05) is 57.2 Å². The Morgan fingerprint density at radius 3 is 2.38 bits per heavy atom. The second kappa shape index (κ2) is 9.26. The second-order valence-electron chi connectivity index (χ2n) is 12.7. The standard InChI is InChI=1S/C30H41N3O4/c1-17(2)19-11-13-20(14-12-19)31-26(34)23-22-15-16-30(37-22)24(23)28(36)33(29(4,5)6)25(30)27(35)32-21-10-8-7-9-18(21)3/h11-18,21-25H,7-10H2,1-6H3,(H,31,34)(H,32,35). The number of carbonyl (C=O) groups is 3. The van der Waals surface area contributed by atoms with Gasteiger partial charge in [-0.15, -0.1) is 0 Å². The van der Waals surface area contributed by atoms with E-state index >= 15 is 0 Å². The summed E-state index contributed by atoms with van der Waals surface area (Å²) in [5.41, 5.74) is 0.129. The van der Waals surface area contributed by atoms with Crippen molar-refractivity contribution in [2.45, 2.75) is 102 Å². The molecule has 37 heavy (non-hydrogen) atoms. The zero-order valence-electron chi connectivity index (χ0n) is 22.9. The number of likely N-dealkylation sites (tertiary alicyclic amines) is 1. The highest BCUT2D eigenvalue weighted by Gasteiger charge is 2.74. The molecule has 7 unspecified atom stereocenters. The average molecular weight is 508 g/mol. The number of benzene rings is 1. The number of fused-ring (bicyclic) bond motifs is 1. The SMILES string of the molecule is CC(C)c1ccc(NC(=O)C2C3C=CC4(O3)C2C(=O)N(C(C)(C)C)C4C(=O)NC2CCCCC2C)cc1. The summed E-state index contributed by atoms with van der Waals surface area (Å²) < 4.78 is 6.46. The quantitative estimate of drug-likeness (QED) is 0.579. The molecule has 3 heterocycles. The van der Waals surface area contributed by atoms with E-state index in [4.69, 9.17) is 4.74 Å². The average Bonchev–Trinajstić information content (AvgIpc) is 3.48. The molecule has 7 atom stereocenters. The van der Waals surface area contributed by atoms with Crippen LogP contribution < -0.4 is 10.6 Å². The lowest BCUT2D eigenvalue weighted by molar-refractivity contribution is -0.147. The number of hydrogen-bond acceptors (Lipinski definition) is 4. The summed E-state index contributed by atoms with van der Waals surface area (Å²) in [4.78, 5) is 43.2. The fourth-order valence-electron chi connectivity index (χ4n) is 6.86. The molecule has 1 saturated carbocycles. The Morgan fingerprint density at radius 2 is 1.76 bits per heavy atom. The number of ether oxygens (including phenoxy) is 1. The minimum atomic E-state index is -1.14. The molecule has 1 aromatic carbocycles. The summed E-state index contributed by atoms with van der Waals surface area (Å²) >= 11 is 0. The predicted octanol–water partition coefficient (Wildman–Crippen LogP) is 4.39. The van der Waals surface area contributed by atoms with Crippen LogP contribution in [0.3, 0.4) is 0 Å². The molecule has 2 N–H and O–H groups in total. The van der Waals surface area contributed by atoms with Gasteiger partial charge in [-0.2, -0.15) is 0 Å². The highest BCUT2D eigenvalue weighted by molar-refractivity contribution is 6.03. The number of nitrogens with one attached hydrogen (secondary N) is 2. The van der Waals surface area contributed by atoms with Crippen LogP contribution in [0.4, 0.5) is 5.69 Å². The Labute approximate surface area is 220 Å². The van der Waals surface area contributed by atoms with Gasteiger partial charge in [0.25, 0.3) is 0 Å². The Kier molecular flexibility index (Phi) is 6.50. The van der Waals surface area contributed by atoms with Crippen LogP contribution in [0.2, 0.25) is 0 Å². The van der Waals surface area contributed by atoms with Crippen molar-refractivity contribution in [3.05, 3.63) is 42.0 Å². The third kappa shape index (κ3) is 4.29. The fraction of sp³-hybridized carbons (Fsp3) is 0.633. The van der Waals surface area contributed by atoms with Gasteiger partial charge in [-0.1, -0.05) is 57.9 Å². The molecular formula is C30H41N3O4. The van der Waals surface area contributed by atoms with E-state index < -0.39 is 35.1 Å². The zero-order valence-corrected chi connectivity index (χ0v) is 22.9. The highest BCUT2D eigenvalue weighted by atomic mass is 16.5.